The number of anilines is 2. The molecule has 0 fully saturated rings. The van der Waals surface area contributed by atoms with E-state index in [1.165, 1.54) is 53.1 Å². The lowest BCUT2D eigenvalue weighted by Gasteiger charge is -2.06. The van der Waals surface area contributed by atoms with Gasteiger partial charge in [-0.1, -0.05) is 66.0 Å². The summed E-state index contributed by atoms with van der Waals surface area (Å²) in [5.74, 6) is -0.412. The highest BCUT2D eigenvalue weighted by Gasteiger charge is 2.16. The van der Waals surface area contributed by atoms with Crippen molar-refractivity contribution in [1.29, 1.82) is 0 Å². The molecule has 0 aliphatic carbocycles. The standard InChI is InChI=1S/C25H20N8O4S3/c34-22(14-38-24-29-30-31-32(24)13-16-6-2-1-3-7-16)26-17-10-11-19-21(12-17)40-25(28-19)39-15-23(35)27-18-8-4-5-9-20(18)33(36)37/h1-12H,13-15H2,(H,26,34)(H,27,35). The van der Waals surface area contributed by atoms with E-state index in [2.05, 4.69) is 31.1 Å². The van der Waals surface area contributed by atoms with Gasteiger partial charge in [0.1, 0.15) is 5.69 Å². The van der Waals surface area contributed by atoms with Crippen LogP contribution in [-0.2, 0) is 16.1 Å². The molecule has 2 N–H and O–H groups in total. The van der Waals surface area contributed by atoms with E-state index in [-0.39, 0.29) is 34.7 Å². The quantitative estimate of drug-likeness (QED) is 0.125. The molecule has 40 heavy (non-hydrogen) atoms. The first-order valence-electron chi connectivity index (χ1n) is 11.7. The molecule has 5 rings (SSSR count). The number of carbonyl (C=O) groups excluding carboxylic acids is 2. The van der Waals surface area contributed by atoms with E-state index in [0.29, 0.717) is 21.7 Å². The lowest BCUT2D eigenvalue weighted by Crippen LogP contribution is -2.15. The molecule has 2 amide bonds. The molecular formula is C25H20N8O4S3. The monoisotopic (exact) mass is 592 g/mol. The van der Waals surface area contributed by atoms with E-state index >= 15 is 0 Å². The summed E-state index contributed by atoms with van der Waals surface area (Å²) >= 11 is 3.86. The van der Waals surface area contributed by atoms with Gasteiger partial charge >= 0.3 is 0 Å². The minimum absolute atomic E-state index is 0.0381. The van der Waals surface area contributed by atoms with Gasteiger partial charge in [0.2, 0.25) is 17.0 Å². The fourth-order valence-corrected chi connectivity index (χ4v) is 6.16. The first-order chi connectivity index (χ1) is 19.4. The van der Waals surface area contributed by atoms with Crippen LogP contribution in [0.4, 0.5) is 17.1 Å². The highest BCUT2D eigenvalue weighted by Crippen LogP contribution is 2.32. The molecule has 15 heteroatoms. The molecule has 12 nitrogen and oxygen atoms in total. The van der Waals surface area contributed by atoms with Gasteiger partial charge in [-0.25, -0.2) is 9.67 Å². The van der Waals surface area contributed by atoms with Gasteiger partial charge in [0.15, 0.2) is 4.34 Å². The maximum atomic E-state index is 12.6. The second-order valence-corrected chi connectivity index (χ2v) is 11.4. The second kappa shape index (κ2) is 12.7. The second-order valence-electron chi connectivity index (χ2n) is 8.21. The Hall–Kier alpha value is -4.34. The fourth-order valence-electron chi connectivity index (χ4n) is 3.58. The van der Waals surface area contributed by atoms with E-state index in [4.69, 9.17) is 0 Å². The first kappa shape index (κ1) is 27.2. The van der Waals surface area contributed by atoms with Gasteiger partial charge in [0.25, 0.3) is 5.69 Å². The average Bonchev–Trinajstić information content (AvgIpc) is 3.57. The molecule has 0 aliphatic heterocycles. The van der Waals surface area contributed by atoms with Crippen LogP contribution in [0.3, 0.4) is 0 Å². The zero-order valence-electron chi connectivity index (χ0n) is 20.6. The molecule has 2 aromatic heterocycles. The molecule has 0 atom stereocenters. The highest BCUT2D eigenvalue weighted by atomic mass is 32.2. The molecule has 0 radical (unpaired) electrons. The van der Waals surface area contributed by atoms with Gasteiger partial charge in [-0.15, -0.1) is 16.4 Å². The highest BCUT2D eigenvalue weighted by molar-refractivity contribution is 8.01. The molecule has 0 saturated heterocycles. The topological polar surface area (TPSA) is 158 Å². The third kappa shape index (κ3) is 6.99. The van der Waals surface area contributed by atoms with Gasteiger partial charge < -0.3 is 10.6 Å². The Kier molecular flexibility index (Phi) is 8.63. The zero-order chi connectivity index (χ0) is 27.9. The summed E-state index contributed by atoms with van der Waals surface area (Å²) in [5.41, 5.74) is 2.39. The van der Waals surface area contributed by atoms with Crippen LogP contribution >= 0.6 is 34.9 Å². The summed E-state index contributed by atoms with van der Waals surface area (Å²) in [7, 11) is 0. The van der Waals surface area contributed by atoms with Gasteiger partial charge in [-0.3, -0.25) is 19.7 Å². The summed E-state index contributed by atoms with van der Waals surface area (Å²) in [5, 5.41) is 28.9. The number of nitrogens with zero attached hydrogens (tertiary/aromatic N) is 6. The van der Waals surface area contributed by atoms with Crippen molar-refractivity contribution in [3.63, 3.8) is 0 Å². The van der Waals surface area contributed by atoms with Gasteiger partial charge in [-0.05, 0) is 40.3 Å². The van der Waals surface area contributed by atoms with E-state index in [1.54, 1.807) is 22.9 Å². The number of thiazole rings is 1. The number of aromatic nitrogens is 5. The molecule has 5 aromatic rings. The van der Waals surface area contributed by atoms with E-state index < -0.39 is 4.92 Å². The van der Waals surface area contributed by atoms with Crippen LogP contribution in [0.5, 0.6) is 0 Å². The minimum atomic E-state index is -0.541. The Labute approximate surface area is 239 Å². The van der Waals surface area contributed by atoms with Crippen molar-refractivity contribution in [1.82, 2.24) is 25.2 Å². The number of tetrazole rings is 1. The van der Waals surface area contributed by atoms with Gasteiger partial charge in [-0.2, -0.15) is 0 Å². The van der Waals surface area contributed by atoms with Gasteiger partial charge in [0, 0.05) is 11.8 Å². The van der Waals surface area contributed by atoms with Crippen LogP contribution in [-0.4, -0.2) is 53.4 Å². The summed E-state index contributed by atoms with van der Waals surface area (Å²) in [6.07, 6.45) is 0. The van der Waals surface area contributed by atoms with E-state index in [9.17, 15) is 19.7 Å². The minimum Gasteiger partial charge on any atom is -0.325 e. The molecule has 0 aliphatic rings. The predicted octanol–water partition coefficient (Wildman–Crippen LogP) is 4.70. The van der Waals surface area contributed by atoms with Crippen LogP contribution in [0, 0.1) is 10.1 Å². The molecule has 0 spiro atoms. The molecule has 3 aromatic carbocycles. The van der Waals surface area contributed by atoms with Crippen molar-refractivity contribution in [3.8, 4) is 0 Å². The zero-order valence-corrected chi connectivity index (χ0v) is 23.0. The molecule has 0 bridgehead atoms. The first-order valence-corrected chi connectivity index (χ1v) is 14.5. The number of para-hydroxylation sites is 2. The summed E-state index contributed by atoms with van der Waals surface area (Å²) in [6.45, 7) is 0.508. The van der Waals surface area contributed by atoms with Crippen molar-refractivity contribution in [2.75, 3.05) is 22.1 Å². The van der Waals surface area contributed by atoms with Crippen molar-refractivity contribution >= 4 is 74.0 Å². The number of rotatable bonds is 11. The normalized spacial score (nSPS) is 10.9. The molecule has 0 unspecified atom stereocenters. The fraction of sp³-hybridized carbons (Fsp3) is 0.120. The average molecular weight is 593 g/mol. The largest absolute Gasteiger partial charge is 0.325 e. The Morgan fingerprint density at radius 3 is 2.52 bits per heavy atom. The SMILES string of the molecule is O=C(CSc1nnnn1Cc1ccccc1)Nc1ccc2nc(SCC(=O)Nc3ccccc3[N+](=O)[O-])sc2c1. The summed E-state index contributed by atoms with van der Waals surface area (Å²) in [4.78, 5) is 40.1. The predicted molar refractivity (Wildman–Crippen MR) is 155 cm³/mol. The number of benzene rings is 3. The molecule has 0 saturated carbocycles. The number of nitrogens with one attached hydrogen (secondary N) is 2. The van der Waals surface area contributed by atoms with Crippen molar-refractivity contribution in [3.05, 3.63) is 88.5 Å². The van der Waals surface area contributed by atoms with Crippen molar-refractivity contribution in [2.45, 2.75) is 16.0 Å². The van der Waals surface area contributed by atoms with Crippen molar-refractivity contribution in [2.24, 2.45) is 0 Å². The van der Waals surface area contributed by atoms with Crippen LogP contribution in [0.15, 0.2) is 82.3 Å². The van der Waals surface area contributed by atoms with E-state index in [0.717, 1.165) is 15.8 Å². The Morgan fingerprint density at radius 2 is 1.70 bits per heavy atom. The Morgan fingerprint density at radius 1 is 0.950 bits per heavy atom. The number of carbonyl (C=O) groups is 2. The number of fused-ring (bicyclic) bond motifs is 1. The van der Waals surface area contributed by atoms with Crippen LogP contribution < -0.4 is 10.6 Å². The third-order valence-corrected chi connectivity index (χ3v) is 8.48. The lowest BCUT2D eigenvalue weighted by atomic mass is 10.2. The molecule has 202 valence electrons. The number of nitro groups is 1. The number of amides is 2. The Balaban J connectivity index is 1.14. The van der Waals surface area contributed by atoms with Crippen LogP contribution in [0.2, 0.25) is 0 Å². The number of hydrogen-bond donors (Lipinski definition) is 2. The summed E-state index contributed by atoms with van der Waals surface area (Å²) < 4.78 is 3.16. The van der Waals surface area contributed by atoms with Crippen molar-refractivity contribution < 1.29 is 14.5 Å². The number of thioether (sulfide) groups is 2. The molecule has 2 heterocycles. The smallest absolute Gasteiger partial charge is 0.292 e. The summed E-state index contributed by atoms with van der Waals surface area (Å²) in [6, 6.07) is 21.2. The molecular weight excluding hydrogens is 573 g/mol. The van der Waals surface area contributed by atoms with Crippen LogP contribution in [0.25, 0.3) is 10.2 Å². The van der Waals surface area contributed by atoms with Crippen LogP contribution in [0.1, 0.15) is 5.56 Å². The number of hydrogen-bond acceptors (Lipinski definition) is 11. The third-order valence-electron chi connectivity index (χ3n) is 5.36. The maximum absolute atomic E-state index is 12.6. The van der Waals surface area contributed by atoms with Gasteiger partial charge in [0.05, 0.1) is 33.2 Å². The maximum Gasteiger partial charge on any atom is 0.292 e. The lowest BCUT2D eigenvalue weighted by molar-refractivity contribution is -0.383. The Bertz CT molecular complexity index is 1680. The number of nitro benzene ring substituents is 1. The van der Waals surface area contributed by atoms with E-state index in [1.807, 2.05) is 36.4 Å².